The summed E-state index contributed by atoms with van der Waals surface area (Å²) in [4.78, 5) is 13.8. The van der Waals surface area contributed by atoms with Crippen molar-refractivity contribution < 1.29 is 5.11 Å². The van der Waals surface area contributed by atoms with Crippen LogP contribution in [-0.4, -0.2) is 56.2 Å². The number of allylic oxidation sites excluding steroid dienone is 1. The molecule has 3 rings (SSSR count). The second-order valence-corrected chi connectivity index (χ2v) is 8.11. The monoisotopic (exact) mass is 365 g/mol. The first-order valence-corrected chi connectivity index (χ1v) is 10.1. The molecule has 130 valence electrons. The maximum atomic E-state index is 10.4. The van der Waals surface area contributed by atoms with Gasteiger partial charge in [-0.2, -0.15) is 0 Å². The lowest BCUT2D eigenvalue weighted by molar-refractivity contribution is 0.149. The van der Waals surface area contributed by atoms with Crippen LogP contribution in [-0.2, 0) is 6.54 Å². The molecule has 24 heavy (non-hydrogen) atoms. The number of nitrogens with zero attached hydrogens (tertiary/aromatic N) is 3. The fraction of sp³-hybridized carbons (Fsp3) is 0.500. The number of nitrogens with two attached hydrogens (primary N) is 1. The Labute approximate surface area is 150 Å². The van der Waals surface area contributed by atoms with Crippen LogP contribution in [0.3, 0.4) is 0 Å². The van der Waals surface area contributed by atoms with Crippen molar-refractivity contribution in [1.82, 2.24) is 19.9 Å². The van der Waals surface area contributed by atoms with Gasteiger partial charge in [0.05, 0.1) is 11.6 Å². The normalized spacial score (nSPS) is 22.5. The van der Waals surface area contributed by atoms with Gasteiger partial charge in [-0.3, -0.25) is 4.90 Å². The highest BCUT2D eigenvalue weighted by atomic mass is 32.2. The van der Waals surface area contributed by atoms with Crippen LogP contribution in [0.25, 0.3) is 11.0 Å². The van der Waals surface area contributed by atoms with E-state index >= 15 is 0 Å². The van der Waals surface area contributed by atoms with E-state index in [0.717, 1.165) is 35.4 Å². The highest BCUT2D eigenvalue weighted by Crippen LogP contribution is 2.31. The summed E-state index contributed by atoms with van der Waals surface area (Å²) in [7, 11) is 0. The molecule has 0 radical (unpaired) electrons. The minimum Gasteiger partial charge on any atom is -0.391 e. The van der Waals surface area contributed by atoms with E-state index < -0.39 is 0 Å². The number of hydrogen-bond donors (Lipinski definition) is 3. The minimum atomic E-state index is -0.276. The average molecular weight is 366 g/mol. The van der Waals surface area contributed by atoms with Crippen molar-refractivity contribution in [2.45, 2.75) is 19.6 Å². The predicted molar refractivity (Wildman–Crippen MR) is 103 cm³/mol. The van der Waals surface area contributed by atoms with Crippen LogP contribution in [0, 0.1) is 5.92 Å². The summed E-state index contributed by atoms with van der Waals surface area (Å²) in [6.07, 6.45) is 7.38. The lowest BCUT2D eigenvalue weighted by Crippen LogP contribution is -2.21. The molecule has 1 fully saturated rings. The largest absolute Gasteiger partial charge is 0.391 e. The number of aromatic nitrogens is 3. The number of aromatic amines is 1. The molecule has 0 aliphatic carbocycles. The number of thioether (sulfide) groups is 2. The number of aliphatic hydroxyl groups excluding tert-OH is 1. The van der Waals surface area contributed by atoms with E-state index in [0.29, 0.717) is 18.3 Å². The Kier molecular flexibility index (Phi) is 5.70. The number of likely N-dealkylation sites (tertiary alicyclic amines) is 1. The molecule has 0 saturated carbocycles. The van der Waals surface area contributed by atoms with E-state index in [2.05, 4.69) is 39.1 Å². The molecule has 0 amide bonds. The standard InChI is InChI=1S/C16H23N5OS2/c1-3-13(23-2)24-8-11-6-21(7-12(11)22)5-10-4-18-15-14(10)19-9-20-16(15)17/h3-4,9,11-12,18,22H,5-8H2,1-2H3,(H2,17,19,20). The minimum absolute atomic E-state index is 0.276. The third-order valence-electron chi connectivity index (χ3n) is 4.32. The van der Waals surface area contributed by atoms with Crippen LogP contribution in [0.4, 0.5) is 5.82 Å². The van der Waals surface area contributed by atoms with Gasteiger partial charge in [0.1, 0.15) is 11.8 Å². The van der Waals surface area contributed by atoms with Gasteiger partial charge in [0.2, 0.25) is 0 Å². The zero-order valence-corrected chi connectivity index (χ0v) is 15.5. The number of β-amino-alcohol motifs (C(OH)–C–C–N with tert-alkyl or cyclic N) is 1. The highest BCUT2D eigenvalue weighted by Gasteiger charge is 2.31. The van der Waals surface area contributed by atoms with Crippen LogP contribution in [0.2, 0.25) is 0 Å². The van der Waals surface area contributed by atoms with Gasteiger partial charge in [-0.05, 0) is 13.2 Å². The van der Waals surface area contributed by atoms with Crippen LogP contribution in [0.1, 0.15) is 12.5 Å². The predicted octanol–water partition coefficient (Wildman–Crippen LogP) is 2.29. The molecule has 2 atom stereocenters. The average Bonchev–Trinajstić information content (AvgIpc) is 3.14. The van der Waals surface area contributed by atoms with Crippen LogP contribution >= 0.6 is 23.5 Å². The molecular formula is C16H23N5OS2. The van der Waals surface area contributed by atoms with Gasteiger partial charge in [-0.1, -0.05) is 6.08 Å². The molecule has 4 N–H and O–H groups in total. The summed E-state index contributed by atoms with van der Waals surface area (Å²) in [6.45, 7) is 4.41. The summed E-state index contributed by atoms with van der Waals surface area (Å²) in [5.74, 6) is 1.71. The van der Waals surface area contributed by atoms with Crippen molar-refractivity contribution >= 4 is 40.4 Å². The summed E-state index contributed by atoms with van der Waals surface area (Å²) in [5, 5.41) is 10.4. The van der Waals surface area contributed by atoms with Gasteiger partial charge in [0.25, 0.3) is 0 Å². The van der Waals surface area contributed by atoms with Crippen molar-refractivity contribution in [3.05, 3.63) is 28.4 Å². The molecule has 2 aromatic heterocycles. The molecule has 0 bridgehead atoms. The Bertz CT molecular complexity index is 732. The summed E-state index contributed by atoms with van der Waals surface area (Å²) in [6, 6.07) is 0. The number of rotatable bonds is 6. The number of anilines is 1. The maximum absolute atomic E-state index is 10.4. The van der Waals surface area contributed by atoms with Gasteiger partial charge >= 0.3 is 0 Å². The number of nitrogens with one attached hydrogen (secondary N) is 1. The summed E-state index contributed by atoms with van der Waals surface area (Å²) < 4.78 is 1.31. The van der Waals surface area contributed by atoms with E-state index in [9.17, 15) is 5.11 Å². The van der Waals surface area contributed by atoms with Gasteiger partial charge in [-0.25, -0.2) is 9.97 Å². The zero-order valence-electron chi connectivity index (χ0n) is 13.9. The van der Waals surface area contributed by atoms with Crippen LogP contribution < -0.4 is 5.73 Å². The van der Waals surface area contributed by atoms with Gasteiger partial charge < -0.3 is 15.8 Å². The molecule has 0 aromatic carbocycles. The fourth-order valence-electron chi connectivity index (χ4n) is 3.06. The van der Waals surface area contributed by atoms with E-state index in [1.165, 1.54) is 10.6 Å². The summed E-state index contributed by atoms with van der Waals surface area (Å²) >= 11 is 3.59. The molecule has 6 nitrogen and oxygen atoms in total. The molecule has 1 saturated heterocycles. The summed E-state index contributed by atoms with van der Waals surface area (Å²) in [5.41, 5.74) is 8.62. The lowest BCUT2D eigenvalue weighted by atomic mass is 10.1. The molecule has 1 aliphatic rings. The Morgan fingerprint density at radius 3 is 3.08 bits per heavy atom. The van der Waals surface area contributed by atoms with Crippen LogP contribution in [0.5, 0.6) is 0 Å². The fourth-order valence-corrected chi connectivity index (χ4v) is 4.84. The van der Waals surface area contributed by atoms with E-state index in [-0.39, 0.29) is 6.10 Å². The highest BCUT2D eigenvalue weighted by molar-refractivity contribution is 8.21. The Balaban J connectivity index is 1.63. The number of aliphatic hydroxyl groups is 1. The van der Waals surface area contributed by atoms with Crippen molar-refractivity contribution in [3.63, 3.8) is 0 Å². The van der Waals surface area contributed by atoms with Crippen LogP contribution in [0.15, 0.2) is 22.8 Å². The zero-order chi connectivity index (χ0) is 17.1. The van der Waals surface area contributed by atoms with Gasteiger partial charge in [-0.15, -0.1) is 23.5 Å². The lowest BCUT2D eigenvalue weighted by Gasteiger charge is -2.15. The SMILES string of the molecule is CC=C(SC)SCC1CN(Cc2c[nH]c3c(N)ncnc23)CC1O. The van der Waals surface area contributed by atoms with Gasteiger partial charge in [0.15, 0.2) is 5.82 Å². The second kappa shape index (κ2) is 7.77. The third-order valence-corrected chi connectivity index (χ3v) is 6.93. The molecule has 8 heteroatoms. The first kappa shape index (κ1) is 17.6. The molecule has 2 unspecified atom stereocenters. The Hall–Kier alpha value is -1.22. The van der Waals surface area contributed by atoms with E-state index in [4.69, 9.17) is 5.73 Å². The van der Waals surface area contributed by atoms with E-state index in [1.54, 1.807) is 11.8 Å². The molecule has 1 aliphatic heterocycles. The second-order valence-electron chi connectivity index (χ2n) is 5.94. The maximum Gasteiger partial charge on any atom is 0.151 e. The molecular weight excluding hydrogens is 342 g/mol. The van der Waals surface area contributed by atoms with Crippen molar-refractivity contribution in [2.24, 2.45) is 5.92 Å². The number of nitrogen functional groups attached to an aromatic ring is 1. The first-order valence-electron chi connectivity index (χ1n) is 7.92. The molecule has 0 spiro atoms. The smallest absolute Gasteiger partial charge is 0.151 e. The van der Waals surface area contributed by atoms with Crippen molar-refractivity contribution in [3.8, 4) is 0 Å². The van der Waals surface area contributed by atoms with Crippen molar-refractivity contribution in [2.75, 3.05) is 30.8 Å². The van der Waals surface area contributed by atoms with Gasteiger partial charge in [0, 0.05) is 47.3 Å². The number of fused-ring (bicyclic) bond motifs is 1. The first-order chi connectivity index (χ1) is 11.6. The Morgan fingerprint density at radius 2 is 2.33 bits per heavy atom. The topological polar surface area (TPSA) is 91.1 Å². The molecule has 3 heterocycles. The van der Waals surface area contributed by atoms with E-state index in [1.807, 2.05) is 18.0 Å². The third kappa shape index (κ3) is 3.72. The van der Waals surface area contributed by atoms with Crippen molar-refractivity contribution in [1.29, 1.82) is 0 Å². The quantitative estimate of drug-likeness (QED) is 0.723. The number of H-pyrrole nitrogens is 1. The molecule has 2 aromatic rings. The number of hydrogen-bond acceptors (Lipinski definition) is 7. The Morgan fingerprint density at radius 1 is 1.50 bits per heavy atom.